The van der Waals surface area contributed by atoms with Crippen LogP contribution >= 0.6 is 22.9 Å². The second-order valence-corrected chi connectivity index (χ2v) is 9.73. The van der Waals surface area contributed by atoms with Crippen molar-refractivity contribution in [1.82, 2.24) is 9.97 Å². The van der Waals surface area contributed by atoms with E-state index in [2.05, 4.69) is 9.97 Å². The molecule has 1 atom stereocenters. The molecule has 1 saturated heterocycles. The Kier molecular flexibility index (Phi) is 6.57. The van der Waals surface area contributed by atoms with E-state index in [4.69, 9.17) is 21.1 Å². The number of carbonyl (C=O) groups is 2. The van der Waals surface area contributed by atoms with Crippen molar-refractivity contribution in [3.8, 4) is 11.5 Å². The Hall–Kier alpha value is -3.95. The third kappa shape index (κ3) is 4.30. The molecule has 1 N–H and O–H groups in total. The number of rotatable bonds is 6. The summed E-state index contributed by atoms with van der Waals surface area (Å²) in [6.07, 6.45) is 1.56. The monoisotopic (exact) mass is 535 g/mol. The van der Waals surface area contributed by atoms with Crippen molar-refractivity contribution in [2.75, 3.05) is 18.6 Å². The minimum Gasteiger partial charge on any atom is -0.507 e. The number of ether oxygens (including phenoxy) is 2. The number of aryl methyl sites for hydroxylation is 1. The van der Waals surface area contributed by atoms with Crippen molar-refractivity contribution >= 4 is 55.7 Å². The van der Waals surface area contributed by atoms with E-state index in [0.29, 0.717) is 28.7 Å². The summed E-state index contributed by atoms with van der Waals surface area (Å²) >= 11 is 7.60. The maximum absolute atomic E-state index is 13.5. The Morgan fingerprint density at radius 3 is 2.70 bits per heavy atom. The first-order valence-electron chi connectivity index (χ1n) is 11.4. The number of fused-ring (bicyclic) bond motifs is 1. The van der Waals surface area contributed by atoms with Crippen molar-refractivity contribution in [2.45, 2.75) is 19.9 Å². The van der Waals surface area contributed by atoms with E-state index in [0.717, 1.165) is 10.3 Å². The predicted molar refractivity (Wildman–Crippen MR) is 143 cm³/mol. The summed E-state index contributed by atoms with van der Waals surface area (Å²) in [6, 6.07) is 12.9. The lowest BCUT2D eigenvalue weighted by Gasteiger charge is -2.22. The summed E-state index contributed by atoms with van der Waals surface area (Å²) in [4.78, 5) is 37.2. The first-order valence-corrected chi connectivity index (χ1v) is 12.6. The molecule has 0 spiro atoms. The van der Waals surface area contributed by atoms with Gasteiger partial charge < -0.3 is 14.6 Å². The quantitative estimate of drug-likeness (QED) is 0.192. The number of hydrogen-bond acceptors (Lipinski definition) is 8. The molecule has 10 heteroatoms. The highest BCUT2D eigenvalue weighted by Crippen LogP contribution is 2.45. The van der Waals surface area contributed by atoms with Gasteiger partial charge in [-0.15, -0.1) is 0 Å². The number of thiazole rings is 1. The lowest BCUT2D eigenvalue weighted by atomic mass is 9.97. The van der Waals surface area contributed by atoms with E-state index < -0.39 is 23.5 Å². The van der Waals surface area contributed by atoms with Gasteiger partial charge in [0.05, 0.1) is 45.8 Å². The Balaban J connectivity index is 1.73. The van der Waals surface area contributed by atoms with Gasteiger partial charge in [0.25, 0.3) is 5.78 Å². The van der Waals surface area contributed by atoms with Crippen LogP contribution in [0.2, 0.25) is 5.02 Å². The van der Waals surface area contributed by atoms with Crippen LogP contribution in [-0.2, 0) is 9.59 Å². The fourth-order valence-corrected chi connectivity index (χ4v) is 5.73. The predicted octanol–water partition coefficient (Wildman–Crippen LogP) is 5.69. The number of nitrogens with zero attached hydrogens (tertiary/aromatic N) is 3. The van der Waals surface area contributed by atoms with Crippen LogP contribution in [0.5, 0.6) is 11.5 Å². The molecule has 0 saturated carbocycles. The number of Topliss-reactive ketones (excluding diaryl/α,β-unsaturated/α-hetero) is 1. The Morgan fingerprint density at radius 1 is 1.19 bits per heavy atom. The second kappa shape index (κ2) is 9.84. The number of aromatic nitrogens is 2. The van der Waals surface area contributed by atoms with Gasteiger partial charge in [0.15, 0.2) is 5.13 Å². The number of pyridine rings is 1. The smallest absolute Gasteiger partial charge is 0.301 e. The van der Waals surface area contributed by atoms with Gasteiger partial charge in [0.1, 0.15) is 23.3 Å². The summed E-state index contributed by atoms with van der Waals surface area (Å²) in [5, 5.41) is 12.0. The summed E-state index contributed by atoms with van der Waals surface area (Å²) in [5.41, 5.74) is 1.87. The molecule has 0 bridgehead atoms. The zero-order valence-corrected chi connectivity index (χ0v) is 21.8. The highest BCUT2D eigenvalue weighted by Gasteiger charge is 2.49. The van der Waals surface area contributed by atoms with Gasteiger partial charge in [-0.05, 0) is 61.9 Å². The molecule has 8 nitrogen and oxygen atoms in total. The van der Waals surface area contributed by atoms with Crippen LogP contribution in [0.25, 0.3) is 16.0 Å². The van der Waals surface area contributed by atoms with E-state index in [1.54, 1.807) is 55.6 Å². The van der Waals surface area contributed by atoms with E-state index in [1.165, 1.54) is 23.3 Å². The number of ketones is 1. The summed E-state index contributed by atoms with van der Waals surface area (Å²) in [5.74, 6) is -1.21. The van der Waals surface area contributed by atoms with E-state index >= 15 is 0 Å². The zero-order valence-electron chi connectivity index (χ0n) is 20.2. The van der Waals surface area contributed by atoms with Crippen molar-refractivity contribution in [1.29, 1.82) is 0 Å². The van der Waals surface area contributed by atoms with Crippen molar-refractivity contribution in [3.63, 3.8) is 0 Å². The highest BCUT2D eigenvalue weighted by atomic mass is 35.5. The first-order chi connectivity index (χ1) is 17.8. The molecule has 1 aliphatic rings. The van der Waals surface area contributed by atoms with Crippen LogP contribution in [0.1, 0.15) is 29.8 Å². The van der Waals surface area contributed by atoms with E-state index in [1.807, 2.05) is 13.0 Å². The number of anilines is 1. The normalized spacial score (nSPS) is 17.0. The molecule has 2 aromatic heterocycles. The molecule has 5 rings (SSSR count). The number of hydrogen-bond donors (Lipinski definition) is 1. The Bertz CT molecular complexity index is 1570. The van der Waals surface area contributed by atoms with Crippen LogP contribution in [-0.4, -0.2) is 40.5 Å². The molecule has 0 aliphatic carbocycles. The average Bonchev–Trinajstić information content (AvgIpc) is 3.41. The highest BCUT2D eigenvalue weighted by molar-refractivity contribution is 7.22. The standard InChI is InChI=1S/C27H22ClN3O5S/c1-4-36-15-8-9-18-20(13-15)37-27(30-18)31-22(19-7-5-6-10-29-19)21(24(33)26(31)34)23(32)16-11-14(2)12-17(28)25(16)35-3/h5-13,22,32H,4H2,1-3H3/b23-21+. The third-order valence-corrected chi connectivity index (χ3v) is 7.22. The van der Waals surface area contributed by atoms with Gasteiger partial charge in [-0.3, -0.25) is 19.5 Å². The molecule has 1 aliphatic heterocycles. The molecule has 1 unspecified atom stereocenters. The summed E-state index contributed by atoms with van der Waals surface area (Å²) in [6.45, 7) is 4.21. The number of carbonyl (C=O) groups excluding carboxylic acids is 2. The maximum Gasteiger partial charge on any atom is 0.301 e. The zero-order chi connectivity index (χ0) is 26.3. The second-order valence-electron chi connectivity index (χ2n) is 8.31. The molecule has 0 radical (unpaired) electrons. The number of aliphatic hydroxyl groups excluding tert-OH is 1. The van der Waals surface area contributed by atoms with Crippen LogP contribution in [0.4, 0.5) is 5.13 Å². The fraction of sp³-hybridized carbons (Fsp3) is 0.185. The number of halogens is 1. The van der Waals surface area contributed by atoms with Crippen molar-refractivity contribution in [2.24, 2.45) is 0 Å². The van der Waals surface area contributed by atoms with Gasteiger partial charge in [-0.1, -0.05) is 29.0 Å². The number of amides is 1. The third-order valence-electron chi connectivity index (χ3n) is 5.93. The molecule has 37 heavy (non-hydrogen) atoms. The van der Waals surface area contributed by atoms with Gasteiger partial charge >= 0.3 is 5.91 Å². The summed E-state index contributed by atoms with van der Waals surface area (Å²) in [7, 11) is 1.42. The van der Waals surface area contributed by atoms with Crippen molar-refractivity contribution < 1.29 is 24.2 Å². The van der Waals surface area contributed by atoms with Gasteiger partial charge in [-0.25, -0.2) is 4.98 Å². The van der Waals surface area contributed by atoms with E-state index in [-0.39, 0.29) is 21.9 Å². The molecule has 4 aromatic rings. The summed E-state index contributed by atoms with van der Waals surface area (Å²) < 4.78 is 11.8. The van der Waals surface area contributed by atoms with Crippen LogP contribution < -0.4 is 14.4 Å². The number of methoxy groups -OCH3 is 1. The van der Waals surface area contributed by atoms with Crippen LogP contribution in [0.3, 0.4) is 0 Å². The lowest BCUT2D eigenvalue weighted by molar-refractivity contribution is -0.132. The number of benzene rings is 2. The first kappa shape index (κ1) is 24.7. The SMILES string of the molecule is CCOc1ccc2nc(N3C(=O)C(=O)/C(=C(/O)c4cc(C)cc(Cl)c4OC)C3c3ccccn3)sc2c1. The topological polar surface area (TPSA) is 102 Å². The molecule has 188 valence electrons. The minimum atomic E-state index is -1.02. The fourth-order valence-electron chi connectivity index (χ4n) is 4.36. The van der Waals surface area contributed by atoms with Gasteiger partial charge in [0.2, 0.25) is 0 Å². The minimum absolute atomic E-state index is 0.127. The molecule has 2 aromatic carbocycles. The van der Waals surface area contributed by atoms with E-state index in [9.17, 15) is 14.7 Å². The van der Waals surface area contributed by atoms with Crippen LogP contribution in [0.15, 0.2) is 60.3 Å². The largest absolute Gasteiger partial charge is 0.507 e. The van der Waals surface area contributed by atoms with Crippen molar-refractivity contribution in [3.05, 3.63) is 82.1 Å². The Morgan fingerprint density at radius 2 is 2.00 bits per heavy atom. The average molecular weight is 536 g/mol. The van der Waals surface area contributed by atoms with Gasteiger partial charge in [0, 0.05) is 6.20 Å². The molecular formula is C27H22ClN3O5S. The molecule has 1 amide bonds. The molecular weight excluding hydrogens is 514 g/mol. The van der Waals surface area contributed by atoms with Crippen LogP contribution in [0, 0.1) is 6.92 Å². The number of aliphatic hydroxyl groups is 1. The maximum atomic E-state index is 13.5. The Labute approximate surface area is 221 Å². The lowest BCUT2D eigenvalue weighted by Crippen LogP contribution is -2.29. The molecule has 1 fully saturated rings. The van der Waals surface area contributed by atoms with Gasteiger partial charge in [-0.2, -0.15) is 0 Å². The molecule has 3 heterocycles.